The van der Waals surface area contributed by atoms with Crippen LogP contribution in [0.4, 0.5) is 0 Å². The molecule has 0 unspecified atom stereocenters. The highest BCUT2D eigenvalue weighted by molar-refractivity contribution is 8.76. The lowest BCUT2D eigenvalue weighted by Gasteiger charge is -2.03. The van der Waals surface area contributed by atoms with Gasteiger partial charge in [0, 0.05) is 44.2 Å². The van der Waals surface area contributed by atoms with Gasteiger partial charge in [-0.2, -0.15) is 5.10 Å². The number of carbonyl (C=O) groups excluding carboxylic acids is 2. The van der Waals surface area contributed by atoms with E-state index >= 15 is 0 Å². The number of rotatable bonds is 13. The highest BCUT2D eigenvalue weighted by atomic mass is 33.1. The van der Waals surface area contributed by atoms with Crippen LogP contribution in [0.3, 0.4) is 0 Å². The zero-order valence-corrected chi connectivity index (χ0v) is 15.9. The minimum atomic E-state index is -0.145. The zero-order chi connectivity index (χ0) is 18.2. The average molecular weight is 385 g/mol. The minimum absolute atomic E-state index is 0.0793. The van der Waals surface area contributed by atoms with Crippen molar-refractivity contribution in [2.75, 3.05) is 25.5 Å². The maximum absolute atomic E-state index is 11.6. The number of hydrazone groups is 1. The molecule has 1 aromatic heterocycles. The van der Waals surface area contributed by atoms with Crippen molar-refractivity contribution >= 4 is 39.6 Å². The Kier molecular flexibility index (Phi) is 12.7. The van der Waals surface area contributed by atoms with Crippen molar-refractivity contribution in [2.24, 2.45) is 5.10 Å². The summed E-state index contributed by atoms with van der Waals surface area (Å²) in [6.07, 6.45) is 5.13. The Morgan fingerprint density at radius 1 is 1.36 bits per heavy atom. The summed E-state index contributed by atoms with van der Waals surface area (Å²) in [7, 11) is 3.12. The van der Waals surface area contributed by atoms with E-state index < -0.39 is 0 Å². The third-order valence-corrected chi connectivity index (χ3v) is 4.92. The predicted octanol–water partition coefficient (Wildman–Crippen LogP) is 2.25. The maximum atomic E-state index is 11.6. The van der Waals surface area contributed by atoms with Crippen molar-refractivity contribution in [3.8, 4) is 0 Å². The Morgan fingerprint density at radius 3 is 3.00 bits per heavy atom. The first-order valence-electron chi connectivity index (χ1n) is 8.07. The van der Waals surface area contributed by atoms with E-state index in [2.05, 4.69) is 20.8 Å². The van der Waals surface area contributed by atoms with E-state index in [9.17, 15) is 9.59 Å². The van der Waals surface area contributed by atoms with E-state index in [4.69, 9.17) is 4.74 Å². The van der Waals surface area contributed by atoms with Crippen LogP contribution in [0.2, 0.25) is 0 Å². The van der Waals surface area contributed by atoms with Crippen LogP contribution in [-0.2, 0) is 14.3 Å². The summed E-state index contributed by atoms with van der Waals surface area (Å²) in [5, 5.41) is 7.48. The normalized spacial score (nSPS) is 10.8. The van der Waals surface area contributed by atoms with Crippen molar-refractivity contribution in [3.05, 3.63) is 24.4 Å². The van der Waals surface area contributed by atoms with Crippen molar-refractivity contribution in [1.82, 2.24) is 15.7 Å². The van der Waals surface area contributed by atoms with Gasteiger partial charge in [0.25, 0.3) is 0 Å². The van der Waals surface area contributed by atoms with Gasteiger partial charge in [0.2, 0.25) is 11.8 Å². The van der Waals surface area contributed by atoms with Crippen LogP contribution in [0.15, 0.2) is 34.5 Å². The molecule has 9 heteroatoms. The first-order chi connectivity index (χ1) is 12.2. The Labute approximate surface area is 156 Å². The van der Waals surface area contributed by atoms with E-state index in [1.165, 1.54) is 0 Å². The molecular weight excluding hydrogens is 360 g/mol. The van der Waals surface area contributed by atoms with Gasteiger partial charge in [-0.05, 0) is 29.3 Å². The highest BCUT2D eigenvalue weighted by Crippen LogP contribution is 2.29. The average Bonchev–Trinajstić information content (AvgIpc) is 2.63. The minimum Gasteiger partial charge on any atom is -0.372 e. The molecule has 0 saturated carbocycles. The van der Waals surface area contributed by atoms with Gasteiger partial charge in [-0.3, -0.25) is 9.59 Å². The van der Waals surface area contributed by atoms with Crippen molar-refractivity contribution in [2.45, 2.75) is 31.2 Å². The second-order valence-electron chi connectivity index (χ2n) is 4.86. The third kappa shape index (κ3) is 12.4. The second-order valence-corrected chi connectivity index (χ2v) is 7.30. The number of hydrogen-bond donors (Lipinski definition) is 2. The van der Waals surface area contributed by atoms with E-state index in [1.54, 1.807) is 34.0 Å². The highest BCUT2D eigenvalue weighted by Gasteiger charge is 2.01. The molecule has 0 aliphatic carbocycles. The number of hydrogen-bond acceptors (Lipinski definition) is 7. The summed E-state index contributed by atoms with van der Waals surface area (Å²) in [6, 6.07) is 5.72. The summed E-state index contributed by atoms with van der Waals surface area (Å²) in [6.45, 7) is 3.11. The number of pyridine rings is 1. The van der Waals surface area contributed by atoms with Crippen LogP contribution in [0.25, 0.3) is 0 Å². The molecule has 2 N–H and O–H groups in total. The molecule has 0 aliphatic rings. The van der Waals surface area contributed by atoms with Gasteiger partial charge in [0.05, 0.1) is 0 Å². The molecule has 0 aromatic carbocycles. The summed E-state index contributed by atoms with van der Waals surface area (Å²) in [5.74, 6) is 0.395. The lowest BCUT2D eigenvalue weighted by Crippen LogP contribution is -2.29. The maximum Gasteiger partial charge on any atom is 0.246 e. The molecule has 138 valence electrons. The van der Waals surface area contributed by atoms with E-state index in [1.807, 2.05) is 25.1 Å². The smallest absolute Gasteiger partial charge is 0.246 e. The van der Waals surface area contributed by atoms with Crippen LogP contribution < -0.4 is 10.7 Å². The Bertz CT molecular complexity index is 529. The quantitative estimate of drug-likeness (QED) is 0.234. The molecule has 0 saturated heterocycles. The van der Waals surface area contributed by atoms with Gasteiger partial charge in [0.15, 0.2) is 0 Å². The number of aromatic nitrogens is 1. The molecule has 0 bridgehead atoms. The Morgan fingerprint density at radius 2 is 2.24 bits per heavy atom. The van der Waals surface area contributed by atoms with Crippen molar-refractivity contribution in [1.29, 1.82) is 0 Å². The molecule has 7 nitrogen and oxygen atoms in total. The predicted molar refractivity (Wildman–Crippen MR) is 103 cm³/mol. The first-order valence-corrected chi connectivity index (χ1v) is 10.4. The number of amides is 2. The Hall–Kier alpha value is -1.58. The van der Waals surface area contributed by atoms with Crippen LogP contribution in [0, 0.1) is 0 Å². The van der Waals surface area contributed by atoms with Crippen LogP contribution in [0.5, 0.6) is 0 Å². The summed E-state index contributed by atoms with van der Waals surface area (Å²) < 4.78 is 5.12. The van der Waals surface area contributed by atoms with Gasteiger partial charge in [-0.1, -0.05) is 23.8 Å². The van der Waals surface area contributed by atoms with Crippen molar-refractivity contribution < 1.29 is 14.3 Å². The molecule has 1 heterocycles. The summed E-state index contributed by atoms with van der Waals surface area (Å²) >= 11 is 0. The summed E-state index contributed by atoms with van der Waals surface area (Å²) in [4.78, 5) is 27.1. The lowest BCUT2D eigenvalue weighted by molar-refractivity contribution is -0.125. The molecule has 0 aliphatic heterocycles. The molecule has 0 atom stereocenters. The van der Waals surface area contributed by atoms with E-state index in [0.29, 0.717) is 31.7 Å². The van der Waals surface area contributed by atoms with Crippen LogP contribution in [0.1, 0.15) is 26.2 Å². The number of nitrogens with one attached hydrogen (secondary N) is 2. The monoisotopic (exact) mass is 384 g/mol. The fraction of sp³-hybridized carbons (Fsp3) is 0.500. The molecule has 0 fully saturated rings. The lowest BCUT2D eigenvalue weighted by atomic mass is 10.4. The largest absolute Gasteiger partial charge is 0.372 e. The van der Waals surface area contributed by atoms with Crippen molar-refractivity contribution in [3.63, 3.8) is 0 Å². The second kappa shape index (κ2) is 14.7. The topological polar surface area (TPSA) is 92.7 Å². The molecule has 2 amide bonds. The number of nitrogens with zero attached hydrogens (tertiary/aromatic N) is 2. The van der Waals surface area contributed by atoms with Gasteiger partial charge >= 0.3 is 0 Å². The fourth-order valence-corrected chi connectivity index (χ4v) is 3.38. The fourth-order valence-electron chi connectivity index (χ4n) is 1.51. The molecule has 0 radical (unpaired) electrons. The summed E-state index contributed by atoms with van der Waals surface area (Å²) in [5.41, 5.74) is 2.47. The molecule has 0 spiro atoms. The standard InChI is InChI=1S/C16H24N4O3S2/c1-2-11-23-13-15(22)17-9-5-10-19-20-14(21)7-12-24-25-16-6-3-4-8-18-16/h3-4,6,8,10H,2,5,7,9,11-13H2,1H3,(H,17,22)(H,20,21)/b19-10+. The van der Waals surface area contributed by atoms with Gasteiger partial charge in [0.1, 0.15) is 11.6 Å². The van der Waals surface area contributed by atoms with E-state index in [-0.39, 0.29) is 18.4 Å². The SMILES string of the molecule is CCCOCC(=O)NCC/C=N/NC(=O)CCSSc1ccccn1. The zero-order valence-electron chi connectivity index (χ0n) is 14.3. The van der Waals surface area contributed by atoms with E-state index in [0.717, 1.165) is 11.4 Å². The Balaban J connectivity index is 1.96. The van der Waals surface area contributed by atoms with Gasteiger partial charge in [-0.25, -0.2) is 10.4 Å². The third-order valence-electron chi connectivity index (χ3n) is 2.65. The first kappa shape index (κ1) is 21.5. The molecule has 25 heavy (non-hydrogen) atoms. The number of carbonyl (C=O) groups is 2. The van der Waals surface area contributed by atoms with Gasteiger partial charge in [-0.15, -0.1) is 0 Å². The van der Waals surface area contributed by atoms with Crippen LogP contribution >= 0.6 is 21.6 Å². The van der Waals surface area contributed by atoms with Crippen LogP contribution in [-0.4, -0.2) is 48.5 Å². The molecule has 1 aromatic rings. The molecular formula is C16H24N4O3S2. The molecule has 1 rings (SSSR count). The van der Waals surface area contributed by atoms with Gasteiger partial charge < -0.3 is 10.1 Å². The number of ether oxygens (including phenoxy) is 1.